The molecule has 0 aliphatic carbocycles. The van der Waals surface area contributed by atoms with Crippen LogP contribution >= 0.6 is 11.8 Å². The molecule has 0 atom stereocenters. The van der Waals surface area contributed by atoms with Gasteiger partial charge in [0.05, 0.1) is 11.6 Å². The van der Waals surface area contributed by atoms with Crippen LogP contribution in [0.25, 0.3) is 0 Å². The number of rotatable bonds is 0. The number of nitrogens with zero attached hydrogens (tertiary/aromatic N) is 2. The van der Waals surface area contributed by atoms with Gasteiger partial charge in [0.2, 0.25) is 0 Å². The molecule has 1 aliphatic heterocycles. The molecule has 58 valence electrons. The van der Waals surface area contributed by atoms with Crippen LogP contribution in [0.4, 0.5) is 0 Å². The fourth-order valence-electron chi connectivity index (χ4n) is 0.953. The Kier molecular flexibility index (Phi) is 1.35. The van der Waals surface area contributed by atoms with Crippen LogP contribution in [-0.4, -0.2) is 14.5 Å². The monoisotopic (exact) mass is 171 g/mol. The summed E-state index contributed by atoms with van der Waals surface area (Å²) in [5.74, 6) is 1.82. The SMILES string of the molecule is O=c1nc2n(c(=O)[nH]1)CSC2. The predicted octanol–water partition coefficient (Wildman–Crippen LogP) is -0.864. The zero-order chi connectivity index (χ0) is 7.84. The molecule has 6 heteroatoms. The fraction of sp³-hybridized carbons (Fsp3) is 0.400. The summed E-state index contributed by atoms with van der Waals surface area (Å²) in [6, 6.07) is 0. The average Bonchev–Trinajstić information content (AvgIpc) is 2.34. The van der Waals surface area contributed by atoms with Crippen molar-refractivity contribution in [2.45, 2.75) is 11.6 Å². The van der Waals surface area contributed by atoms with Gasteiger partial charge in [-0.05, 0) is 0 Å². The van der Waals surface area contributed by atoms with Crippen molar-refractivity contribution in [1.29, 1.82) is 0 Å². The smallest absolute Gasteiger partial charge is 0.271 e. The Morgan fingerprint density at radius 3 is 3.18 bits per heavy atom. The van der Waals surface area contributed by atoms with E-state index in [1.165, 1.54) is 4.57 Å². The summed E-state index contributed by atoms with van der Waals surface area (Å²) in [4.78, 5) is 27.4. The van der Waals surface area contributed by atoms with Gasteiger partial charge in [0, 0.05) is 0 Å². The molecule has 5 nitrogen and oxygen atoms in total. The molecule has 11 heavy (non-hydrogen) atoms. The topological polar surface area (TPSA) is 67.8 Å². The normalized spacial score (nSPS) is 14.9. The molecule has 2 heterocycles. The Bertz CT molecular complexity index is 393. The van der Waals surface area contributed by atoms with Crippen LogP contribution in [0, 0.1) is 0 Å². The van der Waals surface area contributed by atoms with Gasteiger partial charge in [0.1, 0.15) is 5.82 Å². The van der Waals surface area contributed by atoms with Crippen LogP contribution < -0.4 is 11.4 Å². The van der Waals surface area contributed by atoms with Gasteiger partial charge in [0.25, 0.3) is 0 Å². The first-order valence-electron chi connectivity index (χ1n) is 3.05. The third kappa shape index (κ3) is 0.988. The second-order valence-corrected chi connectivity index (χ2v) is 3.12. The van der Waals surface area contributed by atoms with Crippen LogP contribution in [0.15, 0.2) is 9.59 Å². The molecule has 0 bridgehead atoms. The number of hydrogen-bond acceptors (Lipinski definition) is 4. The van der Waals surface area contributed by atoms with Crippen molar-refractivity contribution in [2.24, 2.45) is 0 Å². The number of fused-ring (bicyclic) bond motifs is 1. The Hall–Kier alpha value is -1.04. The molecular weight excluding hydrogens is 166 g/mol. The molecule has 2 rings (SSSR count). The van der Waals surface area contributed by atoms with Crippen LogP contribution in [0.3, 0.4) is 0 Å². The van der Waals surface area contributed by atoms with E-state index in [0.29, 0.717) is 17.5 Å². The number of aromatic nitrogens is 3. The zero-order valence-electron chi connectivity index (χ0n) is 5.53. The van der Waals surface area contributed by atoms with Gasteiger partial charge in [0.15, 0.2) is 0 Å². The molecular formula is C5H5N3O2S. The van der Waals surface area contributed by atoms with Crippen LogP contribution in [0.5, 0.6) is 0 Å². The fourth-order valence-corrected chi connectivity index (χ4v) is 1.90. The van der Waals surface area contributed by atoms with Crippen LogP contribution in [-0.2, 0) is 11.6 Å². The molecule has 0 radical (unpaired) electrons. The predicted molar refractivity (Wildman–Crippen MR) is 40.4 cm³/mol. The van der Waals surface area contributed by atoms with Gasteiger partial charge in [-0.3, -0.25) is 9.55 Å². The van der Waals surface area contributed by atoms with Gasteiger partial charge in [-0.1, -0.05) is 0 Å². The summed E-state index contributed by atoms with van der Waals surface area (Å²) >= 11 is 1.57. The maximum atomic E-state index is 11.0. The van der Waals surface area contributed by atoms with E-state index in [4.69, 9.17) is 0 Å². The molecule has 0 saturated heterocycles. The summed E-state index contributed by atoms with van der Waals surface area (Å²) in [5, 5.41) is 0. The highest BCUT2D eigenvalue weighted by Crippen LogP contribution is 2.17. The van der Waals surface area contributed by atoms with E-state index in [1.54, 1.807) is 11.8 Å². The molecule has 0 fully saturated rings. The summed E-state index contributed by atoms with van der Waals surface area (Å²) in [6.45, 7) is 0. The Labute approximate surface area is 65.5 Å². The highest BCUT2D eigenvalue weighted by Gasteiger charge is 2.13. The van der Waals surface area contributed by atoms with Crippen molar-refractivity contribution in [2.75, 3.05) is 0 Å². The molecule has 0 amide bonds. The van der Waals surface area contributed by atoms with E-state index in [0.717, 1.165) is 0 Å². The molecule has 1 aromatic heterocycles. The minimum atomic E-state index is -0.552. The van der Waals surface area contributed by atoms with E-state index in [-0.39, 0.29) is 5.69 Å². The highest BCUT2D eigenvalue weighted by molar-refractivity contribution is 7.97. The maximum Gasteiger partial charge on any atom is 0.350 e. The lowest BCUT2D eigenvalue weighted by atomic mass is 10.7. The van der Waals surface area contributed by atoms with E-state index in [2.05, 4.69) is 9.97 Å². The largest absolute Gasteiger partial charge is 0.350 e. The summed E-state index contributed by atoms with van der Waals surface area (Å²) in [6.07, 6.45) is 0. The molecule has 1 aromatic rings. The molecule has 0 unspecified atom stereocenters. The third-order valence-electron chi connectivity index (χ3n) is 1.45. The van der Waals surface area contributed by atoms with Gasteiger partial charge < -0.3 is 0 Å². The van der Waals surface area contributed by atoms with Crippen LogP contribution in [0.2, 0.25) is 0 Å². The van der Waals surface area contributed by atoms with E-state index < -0.39 is 5.69 Å². The lowest BCUT2D eigenvalue weighted by molar-refractivity contribution is 0.717. The average molecular weight is 171 g/mol. The lowest BCUT2D eigenvalue weighted by Crippen LogP contribution is -2.31. The Morgan fingerprint density at radius 2 is 2.36 bits per heavy atom. The summed E-state index contributed by atoms with van der Waals surface area (Å²) in [5.41, 5.74) is -0.909. The lowest BCUT2D eigenvalue weighted by Gasteiger charge is -1.95. The number of aromatic amines is 1. The number of H-pyrrole nitrogens is 1. The van der Waals surface area contributed by atoms with E-state index in [9.17, 15) is 9.59 Å². The standard InChI is InChI=1S/C5H5N3O2S/c9-4-6-3-1-11-2-8(3)5(10)7-4/h1-2H2,(H,7,9,10). The first-order chi connectivity index (χ1) is 5.27. The molecule has 1 N–H and O–H groups in total. The van der Waals surface area contributed by atoms with Crippen molar-refractivity contribution >= 4 is 11.8 Å². The van der Waals surface area contributed by atoms with Gasteiger partial charge >= 0.3 is 11.4 Å². The number of nitrogens with one attached hydrogen (secondary N) is 1. The van der Waals surface area contributed by atoms with Crippen molar-refractivity contribution in [1.82, 2.24) is 14.5 Å². The van der Waals surface area contributed by atoms with Crippen molar-refractivity contribution in [3.05, 3.63) is 26.8 Å². The van der Waals surface area contributed by atoms with Gasteiger partial charge in [-0.2, -0.15) is 4.98 Å². The first-order valence-corrected chi connectivity index (χ1v) is 4.20. The summed E-state index contributed by atoms with van der Waals surface area (Å²) in [7, 11) is 0. The van der Waals surface area contributed by atoms with Crippen molar-refractivity contribution in [3.63, 3.8) is 0 Å². The number of thioether (sulfide) groups is 1. The maximum absolute atomic E-state index is 11.0. The molecule has 1 aliphatic rings. The first kappa shape index (κ1) is 6.66. The Morgan fingerprint density at radius 1 is 1.55 bits per heavy atom. The van der Waals surface area contributed by atoms with Crippen molar-refractivity contribution < 1.29 is 0 Å². The quantitative estimate of drug-likeness (QED) is 0.551. The minimum Gasteiger partial charge on any atom is -0.271 e. The van der Waals surface area contributed by atoms with E-state index in [1.807, 2.05) is 0 Å². The number of hydrogen-bond donors (Lipinski definition) is 1. The molecule has 0 saturated carbocycles. The van der Waals surface area contributed by atoms with Crippen LogP contribution in [0.1, 0.15) is 5.82 Å². The zero-order valence-corrected chi connectivity index (χ0v) is 6.35. The highest BCUT2D eigenvalue weighted by atomic mass is 32.2. The summed E-state index contributed by atoms with van der Waals surface area (Å²) < 4.78 is 1.46. The molecule has 0 spiro atoms. The Balaban J connectivity index is 2.80. The van der Waals surface area contributed by atoms with Gasteiger partial charge in [-0.25, -0.2) is 9.59 Å². The van der Waals surface area contributed by atoms with E-state index >= 15 is 0 Å². The third-order valence-corrected chi connectivity index (χ3v) is 2.36. The van der Waals surface area contributed by atoms with Crippen molar-refractivity contribution in [3.8, 4) is 0 Å². The second kappa shape index (κ2) is 2.23. The second-order valence-electron chi connectivity index (χ2n) is 2.17. The molecule has 0 aromatic carbocycles. The van der Waals surface area contributed by atoms with Gasteiger partial charge in [-0.15, -0.1) is 11.8 Å². The minimum absolute atomic E-state index is 0.356.